The largest absolute Gasteiger partial charge is 0.311 e. The quantitative estimate of drug-likeness (QED) is 0.824. The fraction of sp³-hybridized carbons (Fsp3) is 0.471. The normalized spacial score (nSPS) is 11.9. The third-order valence-corrected chi connectivity index (χ3v) is 5.82. The number of hydrogen-bond donors (Lipinski definition) is 1. The molecule has 108 valence electrons. The van der Waals surface area contributed by atoms with Crippen LogP contribution in [-0.4, -0.2) is 22.5 Å². The Labute approximate surface area is 126 Å². The molecule has 1 N–H and O–H groups in total. The van der Waals surface area contributed by atoms with Gasteiger partial charge in [0.05, 0.1) is 0 Å². The van der Waals surface area contributed by atoms with Crippen molar-refractivity contribution in [3.05, 3.63) is 42.2 Å². The summed E-state index contributed by atoms with van der Waals surface area (Å²) in [5, 5.41) is 6.15. The third-order valence-electron chi connectivity index (χ3n) is 4.24. The highest BCUT2D eigenvalue weighted by Crippen LogP contribution is 2.29. The molecule has 0 radical (unpaired) electrons. The molecular formula is C17H24N2S. The standard InChI is InChI=1S/C17H24N2S/c1-4-17(5-2,20-3)13-19-12-15-11-18-10-14-8-6-7-9-16(14)15/h6-11,19H,4-5,12-13H2,1-3H3. The molecule has 2 aromatic rings. The van der Waals surface area contributed by atoms with Gasteiger partial charge in [0.15, 0.2) is 0 Å². The van der Waals surface area contributed by atoms with Crippen LogP contribution < -0.4 is 5.32 Å². The molecule has 0 amide bonds. The Bertz CT molecular complexity index is 536. The summed E-state index contributed by atoms with van der Waals surface area (Å²) in [7, 11) is 0. The van der Waals surface area contributed by atoms with Crippen molar-refractivity contribution in [1.82, 2.24) is 10.3 Å². The van der Waals surface area contributed by atoms with E-state index in [1.54, 1.807) is 0 Å². The maximum atomic E-state index is 4.34. The van der Waals surface area contributed by atoms with Crippen molar-refractivity contribution in [3.8, 4) is 0 Å². The fourth-order valence-electron chi connectivity index (χ4n) is 2.61. The van der Waals surface area contributed by atoms with Crippen LogP contribution in [0.15, 0.2) is 36.7 Å². The van der Waals surface area contributed by atoms with Crippen molar-refractivity contribution in [3.63, 3.8) is 0 Å². The fourth-order valence-corrected chi connectivity index (χ4v) is 3.43. The van der Waals surface area contributed by atoms with Gasteiger partial charge in [-0.05, 0) is 30.0 Å². The zero-order valence-electron chi connectivity index (χ0n) is 12.6. The Morgan fingerprint density at radius 2 is 1.90 bits per heavy atom. The smallest absolute Gasteiger partial charge is 0.0346 e. The van der Waals surface area contributed by atoms with E-state index in [2.05, 4.69) is 54.7 Å². The average molecular weight is 288 g/mol. The summed E-state index contributed by atoms with van der Waals surface area (Å²) < 4.78 is 0.359. The molecule has 0 atom stereocenters. The molecule has 0 saturated heterocycles. The van der Waals surface area contributed by atoms with Gasteiger partial charge in [-0.3, -0.25) is 4.98 Å². The van der Waals surface area contributed by atoms with Crippen LogP contribution in [0.3, 0.4) is 0 Å². The van der Waals surface area contributed by atoms with E-state index < -0.39 is 0 Å². The van der Waals surface area contributed by atoms with Crippen molar-refractivity contribution in [1.29, 1.82) is 0 Å². The van der Waals surface area contributed by atoms with E-state index in [1.807, 2.05) is 24.2 Å². The van der Waals surface area contributed by atoms with E-state index in [1.165, 1.54) is 29.2 Å². The first-order chi connectivity index (χ1) is 9.74. The Balaban J connectivity index is 2.06. The van der Waals surface area contributed by atoms with Gasteiger partial charge in [-0.1, -0.05) is 38.1 Å². The van der Waals surface area contributed by atoms with Gasteiger partial charge in [0.25, 0.3) is 0 Å². The molecule has 0 unspecified atom stereocenters. The van der Waals surface area contributed by atoms with Gasteiger partial charge >= 0.3 is 0 Å². The predicted octanol–water partition coefficient (Wildman–Crippen LogP) is 4.25. The van der Waals surface area contributed by atoms with Crippen LogP contribution in [0, 0.1) is 0 Å². The molecule has 1 aromatic heterocycles. The van der Waals surface area contributed by atoms with Crippen LogP contribution in [0.1, 0.15) is 32.3 Å². The summed E-state index contributed by atoms with van der Waals surface area (Å²) in [6.45, 7) is 6.49. The van der Waals surface area contributed by atoms with Gasteiger partial charge in [-0.2, -0.15) is 11.8 Å². The molecule has 0 aliphatic heterocycles. The van der Waals surface area contributed by atoms with Gasteiger partial charge in [-0.15, -0.1) is 0 Å². The zero-order chi connectivity index (χ0) is 14.4. The number of aromatic nitrogens is 1. The molecule has 2 rings (SSSR count). The maximum absolute atomic E-state index is 4.34. The second-order valence-electron chi connectivity index (χ2n) is 5.22. The first kappa shape index (κ1) is 15.3. The maximum Gasteiger partial charge on any atom is 0.0346 e. The van der Waals surface area contributed by atoms with E-state index in [-0.39, 0.29) is 0 Å². The lowest BCUT2D eigenvalue weighted by atomic mass is 10.0. The highest BCUT2D eigenvalue weighted by molar-refractivity contribution is 8.00. The predicted molar refractivity (Wildman–Crippen MR) is 90.3 cm³/mol. The monoisotopic (exact) mass is 288 g/mol. The summed E-state index contributed by atoms with van der Waals surface area (Å²) in [6.07, 6.45) is 8.53. The third kappa shape index (κ3) is 3.33. The van der Waals surface area contributed by atoms with Crippen LogP contribution >= 0.6 is 11.8 Å². The van der Waals surface area contributed by atoms with Crippen molar-refractivity contribution in [2.24, 2.45) is 0 Å². The SMILES string of the molecule is CCC(CC)(CNCc1cncc2ccccc12)SC. The second-order valence-corrected chi connectivity index (χ2v) is 6.49. The van der Waals surface area contributed by atoms with Crippen molar-refractivity contribution >= 4 is 22.5 Å². The molecule has 0 aliphatic carbocycles. The van der Waals surface area contributed by atoms with Gasteiger partial charge in [-0.25, -0.2) is 0 Å². The summed E-state index contributed by atoms with van der Waals surface area (Å²) in [5.74, 6) is 0. The van der Waals surface area contributed by atoms with Crippen LogP contribution in [-0.2, 0) is 6.54 Å². The molecule has 3 heteroatoms. The summed E-state index contributed by atoms with van der Waals surface area (Å²) in [5.41, 5.74) is 1.28. The molecule has 2 nitrogen and oxygen atoms in total. The van der Waals surface area contributed by atoms with Gasteiger partial charge in [0.1, 0.15) is 0 Å². The highest BCUT2D eigenvalue weighted by Gasteiger charge is 2.24. The van der Waals surface area contributed by atoms with Gasteiger partial charge < -0.3 is 5.32 Å². The molecule has 0 spiro atoms. The Morgan fingerprint density at radius 1 is 1.15 bits per heavy atom. The highest BCUT2D eigenvalue weighted by atomic mass is 32.2. The lowest BCUT2D eigenvalue weighted by Gasteiger charge is -2.30. The van der Waals surface area contributed by atoms with E-state index in [4.69, 9.17) is 0 Å². The average Bonchev–Trinajstić information content (AvgIpc) is 2.52. The molecular weight excluding hydrogens is 264 g/mol. The summed E-state index contributed by atoms with van der Waals surface area (Å²) >= 11 is 1.98. The first-order valence-electron chi connectivity index (χ1n) is 7.32. The Hall–Kier alpha value is -1.06. The van der Waals surface area contributed by atoms with Crippen molar-refractivity contribution in [2.75, 3.05) is 12.8 Å². The number of rotatable bonds is 7. The Kier molecular flexibility index (Phi) is 5.44. The molecule has 1 aromatic carbocycles. The van der Waals surface area contributed by atoms with Crippen LogP contribution in [0.2, 0.25) is 0 Å². The minimum Gasteiger partial charge on any atom is -0.311 e. The molecule has 0 saturated carbocycles. The van der Waals surface area contributed by atoms with Crippen LogP contribution in [0.25, 0.3) is 10.8 Å². The zero-order valence-corrected chi connectivity index (χ0v) is 13.5. The minimum absolute atomic E-state index is 0.359. The number of benzene rings is 1. The van der Waals surface area contributed by atoms with Crippen LogP contribution in [0.4, 0.5) is 0 Å². The second kappa shape index (κ2) is 7.09. The number of hydrogen-bond acceptors (Lipinski definition) is 3. The van der Waals surface area contributed by atoms with E-state index in [9.17, 15) is 0 Å². The number of pyridine rings is 1. The first-order valence-corrected chi connectivity index (χ1v) is 8.54. The number of nitrogens with one attached hydrogen (secondary N) is 1. The summed E-state index contributed by atoms with van der Waals surface area (Å²) in [4.78, 5) is 4.34. The van der Waals surface area contributed by atoms with Crippen molar-refractivity contribution < 1.29 is 0 Å². The molecule has 0 bridgehead atoms. The Morgan fingerprint density at radius 3 is 2.60 bits per heavy atom. The molecule has 20 heavy (non-hydrogen) atoms. The van der Waals surface area contributed by atoms with E-state index in [0.29, 0.717) is 4.75 Å². The summed E-state index contributed by atoms with van der Waals surface area (Å²) in [6, 6.07) is 8.45. The number of thioether (sulfide) groups is 1. The topological polar surface area (TPSA) is 24.9 Å². The molecule has 1 heterocycles. The minimum atomic E-state index is 0.359. The lowest BCUT2D eigenvalue weighted by molar-refractivity contribution is 0.495. The lowest BCUT2D eigenvalue weighted by Crippen LogP contribution is -2.36. The van der Waals surface area contributed by atoms with E-state index >= 15 is 0 Å². The molecule has 0 aliphatic rings. The number of nitrogens with zero attached hydrogens (tertiary/aromatic N) is 1. The molecule has 0 fully saturated rings. The van der Waals surface area contributed by atoms with Crippen LogP contribution in [0.5, 0.6) is 0 Å². The van der Waals surface area contributed by atoms with E-state index in [0.717, 1.165) is 13.1 Å². The number of fused-ring (bicyclic) bond motifs is 1. The van der Waals surface area contributed by atoms with Gasteiger partial charge in [0, 0.05) is 35.6 Å². The van der Waals surface area contributed by atoms with Gasteiger partial charge in [0.2, 0.25) is 0 Å². The van der Waals surface area contributed by atoms with Crippen molar-refractivity contribution in [2.45, 2.75) is 38.0 Å².